The number of para-hydroxylation sites is 1. The van der Waals surface area contributed by atoms with Crippen molar-refractivity contribution in [2.45, 2.75) is 35.1 Å². The lowest BCUT2D eigenvalue weighted by atomic mass is 10.2. The summed E-state index contributed by atoms with van der Waals surface area (Å²) in [5.41, 5.74) is 2.44. The van der Waals surface area contributed by atoms with E-state index >= 15 is 0 Å². The first-order chi connectivity index (χ1) is 8.24. The summed E-state index contributed by atoms with van der Waals surface area (Å²) >= 11 is 0. The number of furan rings is 1. The highest BCUT2D eigenvalue weighted by molar-refractivity contribution is 5.20. The molecule has 0 saturated carbocycles. The molecule has 1 aromatic carbocycles. The van der Waals surface area contributed by atoms with E-state index in [0.29, 0.717) is 0 Å². The molecule has 2 rings (SSSR count). The molecule has 1 aromatic heterocycles. The van der Waals surface area contributed by atoms with Gasteiger partial charge in [0.1, 0.15) is 5.75 Å². The standard InChI is InChI=1S/C7H8O.C6H8O.C2H6.CH4/c1-8-7-5-3-2-4-6-7;1-5-3-7-4-6(5)2;1-2;/h2-6H,1H3;3-4H,1-2H3;1-2H3;1H4. The maximum absolute atomic E-state index is 4.91. The molecule has 0 saturated heterocycles. The molecule has 2 aromatic rings. The molecule has 18 heavy (non-hydrogen) atoms. The lowest BCUT2D eigenvalue weighted by Crippen LogP contribution is -1.78. The number of hydrogen-bond donors (Lipinski definition) is 0. The Hall–Kier alpha value is -1.70. The van der Waals surface area contributed by atoms with E-state index in [1.165, 1.54) is 11.1 Å². The predicted molar refractivity (Wildman–Crippen MR) is 79.3 cm³/mol. The number of hydrogen-bond acceptors (Lipinski definition) is 2. The highest BCUT2D eigenvalue weighted by Gasteiger charge is 1.88. The molecule has 0 aliphatic rings. The Kier molecular flexibility index (Phi) is 12.2. The summed E-state index contributed by atoms with van der Waals surface area (Å²) in [4.78, 5) is 0. The van der Waals surface area contributed by atoms with Gasteiger partial charge in [-0.1, -0.05) is 39.5 Å². The van der Waals surface area contributed by atoms with E-state index in [-0.39, 0.29) is 7.43 Å². The van der Waals surface area contributed by atoms with E-state index in [1.807, 2.05) is 58.0 Å². The summed E-state index contributed by atoms with van der Waals surface area (Å²) in [7, 11) is 1.66. The monoisotopic (exact) mass is 250 g/mol. The maximum atomic E-state index is 4.91. The molecule has 0 radical (unpaired) electrons. The first-order valence-electron chi connectivity index (χ1n) is 5.82. The van der Waals surface area contributed by atoms with Gasteiger partial charge < -0.3 is 9.15 Å². The second kappa shape index (κ2) is 11.8. The van der Waals surface area contributed by atoms with Crippen molar-refractivity contribution in [3.8, 4) is 5.75 Å². The Morgan fingerprint density at radius 2 is 1.33 bits per heavy atom. The van der Waals surface area contributed by atoms with Gasteiger partial charge in [0.15, 0.2) is 0 Å². The van der Waals surface area contributed by atoms with Gasteiger partial charge in [-0.3, -0.25) is 0 Å². The minimum Gasteiger partial charge on any atom is -0.497 e. The Morgan fingerprint density at radius 3 is 1.56 bits per heavy atom. The second-order valence-corrected chi connectivity index (χ2v) is 3.25. The number of rotatable bonds is 1. The van der Waals surface area contributed by atoms with E-state index < -0.39 is 0 Å². The Morgan fingerprint density at radius 1 is 0.889 bits per heavy atom. The Labute approximate surface area is 112 Å². The third-order valence-electron chi connectivity index (χ3n) is 2.09. The topological polar surface area (TPSA) is 22.4 Å². The third-order valence-corrected chi connectivity index (χ3v) is 2.09. The quantitative estimate of drug-likeness (QED) is 0.689. The van der Waals surface area contributed by atoms with Crippen molar-refractivity contribution < 1.29 is 9.15 Å². The maximum Gasteiger partial charge on any atom is 0.118 e. The predicted octanol–water partition coefficient (Wildman–Crippen LogP) is 5.25. The molecular weight excluding hydrogens is 224 g/mol. The summed E-state index contributed by atoms with van der Waals surface area (Å²) in [5.74, 6) is 0.910. The van der Waals surface area contributed by atoms with Crippen LogP contribution in [0.25, 0.3) is 0 Å². The zero-order chi connectivity index (χ0) is 13.1. The normalized spacial score (nSPS) is 7.83. The first-order valence-corrected chi connectivity index (χ1v) is 5.82. The van der Waals surface area contributed by atoms with E-state index in [2.05, 4.69) is 0 Å². The first kappa shape index (κ1) is 18.7. The number of methoxy groups -OCH3 is 1. The van der Waals surface area contributed by atoms with Gasteiger partial charge in [-0.2, -0.15) is 0 Å². The van der Waals surface area contributed by atoms with Crippen LogP contribution in [0.15, 0.2) is 47.3 Å². The summed E-state index contributed by atoms with van der Waals surface area (Å²) in [6.07, 6.45) is 3.49. The average Bonchev–Trinajstić information content (AvgIpc) is 2.78. The number of aryl methyl sites for hydroxylation is 2. The van der Waals surface area contributed by atoms with Gasteiger partial charge in [0, 0.05) is 0 Å². The molecule has 0 bridgehead atoms. The van der Waals surface area contributed by atoms with Crippen molar-refractivity contribution in [2.75, 3.05) is 7.11 Å². The summed E-state index contributed by atoms with van der Waals surface area (Å²) in [6.45, 7) is 8.05. The van der Waals surface area contributed by atoms with Gasteiger partial charge in [0.2, 0.25) is 0 Å². The largest absolute Gasteiger partial charge is 0.497 e. The molecule has 1 heterocycles. The number of benzene rings is 1. The van der Waals surface area contributed by atoms with Gasteiger partial charge in [0.25, 0.3) is 0 Å². The minimum absolute atomic E-state index is 0. The van der Waals surface area contributed by atoms with Crippen LogP contribution >= 0.6 is 0 Å². The molecule has 0 fully saturated rings. The van der Waals surface area contributed by atoms with Gasteiger partial charge in [-0.05, 0) is 37.1 Å². The average molecular weight is 250 g/mol. The van der Waals surface area contributed by atoms with Crippen molar-refractivity contribution in [1.29, 1.82) is 0 Å². The third kappa shape index (κ3) is 7.55. The van der Waals surface area contributed by atoms with E-state index in [1.54, 1.807) is 19.6 Å². The molecule has 0 amide bonds. The SMILES string of the molecule is C.CC.COc1ccccc1.Cc1cocc1C. The van der Waals surface area contributed by atoms with Crippen molar-refractivity contribution in [3.63, 3.8) is 0 Å². The summed E-state index contributed by atoms with van der Waals surface area (Å²) < 4.78 is 9.76. The van der Waals surface area contributed by atoms with Crippen LogP contribution in [0.5, 0.6) is 5.75 Å². The Bertz CT molecular complexity index is 361. The highest BCUT2D eigenvalue weighted by atomic mass is 16.5. The molecule has 0 unspecified atom stereocenters. The van der Waals surface area contributed by atoms with Crippen LogP contribution in [0.3, 0.4) is 0 Å². The van der Waals surface area contributed by atoms with Crippen LogP contribution in [-0.2, 0) is 0 Å². The molecule has 102 valence electrons. The molecule has 0 spiro atoms. The van der Waals surface area contributed by atoms with Crippen molar-refractivity contribution in [2.24, 2.45) is 0 Å². The molecule has 0 aliphatic heterocycles. The Balaban J connectivity index is 0. The van der Waals surface area contributed by atoms with Crippen LogP contribution in [0.4, 0.5) is 0 Å². The lowest BCUT2D eigenvalue weighted by molar-refractivity contribution is 0.415. The van der Waals surface area contributed by atoms with Gasteiger partial charge in [-0.25, -0.2) is 0 Å². The molecule has 0 N–H and O–H groups in total. The zero-order valence-electron chi connectivity index (χ0n) is 11.4. The van der Waals surface area contributed by atoms with E-state index in [0.717, 1.165) is 5.75 Å². The lowest BCUT2D eigenvalue weighted by Gasteiger charge is -1.93. The smallest absolute Gasteiger partial charge is 0.118 e. The molecule has 2 heteroatoms. The van der Waals surface area contributed by atoms with Crippen LogP contribution in [-0.4, -0.2) is 7.11 Å². The molecular formula is C16H26O2. The summed E-state index contributed by atoms with van der Waals surface area (Å²) in [5, 5.41) is 0. The van der Waals surface area contributed by atoms with Crippen LogP contribution in [0.1, 0.15) is 32.4 Å². The fourth-order valence-corrected chi connectivity index (χ4v) is 0.981. The van der Waals surface area contributed by atoms with Gasteiger partial charge in [0.05, 0.1) is 19.6 Å². The van der Waals surface area contributed by atoms with Crippen molar-refractivity contribution in [1.82, 2.24) is 0 Å². The van der Waals surface area contributed by atoms with Crippen LogP contribution in [0, 0.1) is 13.8 Å². The van der Waals surface area contributed by atoms with E-state index in [9.17, 15) is 0 Å². The molecule has 2 nitrogen and oxygen atoms in total. The molecule has 0 aliphatic carbocycles. The fourth-order valence-electron chi connectivity index (χ4n) is 0.981. The van der Waals surface area contributed by atoms with E-state index in [4.69, 9.17) is 9.15 Å². The zero-order valence-corrected chi connectivity index (χ0v) is 11.4. The van der Waals surface area contributed by atoms with Gasteiger partial charge in [-0.15, -0.1) is 0 Å². The molecule has 0 atom stereocenters. The van der Waals surface area contributed by atoms with Crippen molar-refractivity contribution in [3.05, 3.63) is 54.0 Å². The van der Waals surface area contributed by atoms with Gasteiger partial charge >= 0.3 is 0 Å². The number of ether oxygens (including phenoxy) is 1. The van der Waals surface area contributed by atoms with Crippen LogP contribution in [0.2, 0.25) is 0 Å². The highest BCUT2D eigenvalue weighted by Crippen LogP contribution is 2.05. The fraction of sp³-hybridized carbons (Fsp3) is 0.375. The summed E-state index contributed by atoms with van der Waals surface area (Å²) in [6, 6.07) is 9.68. The van der Waals surface area contributed by atoms with Crippen LogP contribution < -0.4 is 4.74 Å². The second-order valence-electron chi connectivity index (χ2n) is 3.25. The van der Waals surface area contributed by atoms with Crippen molar-refractivity contribution >= 4 is 0 Å². The minimum atomic E-state index is 0.